The first kappa shape index (κ1) is 8.31. The summed E-state index contributed by atoms with van der Waals surface area (Å²) in [6.07, 6.45) is 4.07. The van der Waals surface area contributed by atoms with Crippen molar-refractivity contribution in [3.8, 4) is 0 Å². The quantitative estimate of drug-likeness (QED) is 0.597. The molecule has 0 saturated carbocycles. The third-order valence-electron chi connectivity index (χ3n) is 1.13. The van der Waals surface area contributed by atoms with Crippen molar-refractivity contribution < 1.29 is 40.8 Å². The van der Waals surface area contributed by atoms with Gasteiger partial charge in [0.1, 0.15) is 0 Å². The molecule has 0 radical (unpaired) electrons. The van der Waals surface area contributed by atoms with Crippen LogP contribution in [0.3, 0.4) is 0 Å². The third kappa shape index (κ3) is 3.86. The predicted octanol–water partition coefficient (Wildman–Crippen LogP) is 1.54. The first-order valence-corrected chi connectivity index (χ1v) is 2.63. The van der Waals surface area contributed by atoms with E-state index in [0.29, 0.717) is 0 Å². The Labute approximate surface area is 77.8 Å². The summed E-state index contributed by atoms with van der Waals surface area (Å²) in [5.41, 5.74) is 0. The van der Waals surface area contributed by atoms with Crippen molar-refractivity contribution >= 4 is 0 Å². The van der Waals surface area contributed by atoms with Gasteiger partial charge < -0.3 is 5.32 Å². The van der Waals surface area contributed by atoms with Crippen molar-refractivity contribution in [2.24, 2.45) is 0 Å². The van der Waals surface area contributed by atoms with E-state index in [4.69, 9.17) is 0 Å². The Bertz CT molecular complexity index is 23.6. The molecular weight excluding hydrogens is 218 g/mol. The SMILES string of the molecule is C1CC[N-]CC1.[Nd]. The minimum atomic E-state index is 0. The summed E-state index contributed by atoms with van der Waals surface area (Å²) in [6.45, 7) is 2.25. The second-order valence-corrected chi connectivity index (χ2v) is 1.73. The summed E-state index contributed by atoms with van der Waals surface area (Å²) < 4.78 is 0. The van der Waals surface area contributed by atoms with Crippen LogP contribution in [0.1, 0.15) is 19.3 Å². The molecule has 40 valence electrons. The fourth-order valence-corrected chi connectivity index (χ4v) is 0.736. The first-order chi connectivity index (χ1) is 3.00. The van der Waals surface area contributed by atoms with Gasteiger partial charge in [0.05, 0.1) is 0 Å². The van der Waals surface area contributed by atoms with Gasteiger partial charge in [-0.25, -0.2) is 0 Å². The van der Waals surface area contributed by atoms with Gasteiger partial charge >= 0.3 is 0 Å². The maximum Gasteiger partial charge on any atom is 0 e. The average Bonchev–Trinajstić information content (AvgIpc) is 1.72. The minimum Gasteiger partial charge on any atom is -0.662 e. The predicted molar refractivity (Wildman–Crippen MR) is 26.9 cm³/mol. The molecule has 0 bridgehead atoms. The monoisotopic (exact) mass is 226 g/mol. The topological polar surface area (TPSA) is 14.1 Å². The summed E-state index contributed by atoms with van der Waals surface area (Å²) in [7, 11) is 0. The van der Waals surface area contributed by atoms with E-state index in [1.54, 1.807) is 0 Å². The zero-order valence-corrected chi connectivity index (χ0v) is 7.69. The van der Waals surface area contributed by atoms with E-state index in [1.807, 2.05) is 0 Å². The van der Waals surface area contributed by atoms with Gasteiger partial charge in [-0.05, 0) is 0 Å². The Hall–Kier alpha value is 1.31. The number of hydrogen-bond acceptors (Lipinski definition) is 0. The van der Waals surface area contributed by atoms with Crippen LogP contribution in [0.4, 0.5) is 0 Å². The second-order valence-electron chi connectivity index (χ2n) is 1.73. The summed E-state index contributed by atoms with van der Waals surface area (Å²) in [4.78, 5) is 0. The van der Waals surface area contributed by atoms with Crippen LogP contribution in [0, 0.1) is 40.8 Å². The Morgan fingerprint density at radius 3 is 1.57 bits per heavy atom. The Balaban J connectivity index is 0.000000360. The van der Waals surface area contributed by atoms with Gasteiger partial charge in [0.15, 0.2) is 0 Å². The maximum absolute atomic E-state index is 4.18. The molecule has 1 nitrogen and oxygen atoms in total. The molecule has 0 N–H and O–H groups in total. The van der Waals surface area contributed by atoms with E-state index in [0.717, 1.165) is 13.1 Å². The van der Waals surface area contributed by atoms with Crippen LogP contribution >= 0.6 is 0 Å². The molecule has 1 aliphatic rings. The normalized spacial score (nSPS) is 20.6. The van der Waals surface area contributed by atoms with Gasteiger partial charge in [-0.3, -0.25) is 0 Å². The standard InChI is InChI=1S/C5H10N.Nd/c1-2-4-6-5-3-1;/h1-5H2;/q-1;. The van der Waals surface area contributed by atoms with E-state index in [9.17, 15) is 0 Å². The fourth-order valence-electron chi connectivity index (χ4n) is 0.736. The van der Waals surface area contributed by atoms with Crippen LogP contribution in [-0.4, -0.2) is 13.1 Å². The largest absolute Gasteiger partial charge is 0.662 e. The third-order valence-corrected chi connectivity index (χ3v) is 1.13. The van der Waals surface area contributed by atoms with Crippen LogP contribution in [0.5, 0.6) is 0 Å². The summed E-state index contributed by atoms with van der Waals surface area (Å²) in [5.74, 6) is 0. The molecule has 2 heteroatoms. The Morgan fingerprint density at radius 1 is 0.857 bits per heavy atom. The van der Waals surface area contributed by atoms with E-state index < -0.39 is 0 Å². The van der Waals surface area contributed by atoms with Crippen LogP contribution in [-0.2, 0) is 0 Å². The van der Waals surface area contributed by atoms with Crippen molar-refractivity contribution in [3.05, 3.63) is 5.32 Å². The molecule has 0 atom stereocenters. The molecule has 0 amide bonds. The molecule has 1 saturated heterocycles. The van der Waals surface area contributed by atoms with E-state index in [-0.39, 0.29) is 40.8 Å². The smallest absolute Gasteiger partial charge is 0 e. The maximum atomic E-state index is 4.18. The Kier molecular flexibility index (Phi) is 6.47. The molecule has 1 aliphatic heterocycles. The number of nitrogens with zero attached hydrogens (tertiary/aromatic N) is 1. The molecule has 0 aromatic rings. The van der Waals surface area contributed by atoms with Gasteiger partial charge in [0, 0.05) is 40.8 Å². The van der Waals surface area contributed by atoms with Crippen LogP contribution in [0.2, 0.25) is 0 Å². The van der Waals surface area contributed by atoms with Crippen LogP contribution in [0.25, 0.3) is 5.32 Å². The second kappa shape index (κ2) is 5.45. The zero-order valence-electron chi connectivity index (χ0n) is 4.48. The van der Waals surface area contributed by atoms with Crippen molar-refractivity contribution in [2.75, 3.05) is 13.1 Å². The molecule has 7 heavy (non-hydrogen) atoms. The van der Waals surface area contributed by atoms with Crippen molar-refractivity contribution in [2.45, 2.75) is 19.3 Å². The van der Waals surface area contributed by atoms with Gasteiger partial charge in [0.2, 0.25) is 0 Å². The van der Waals surface area contributed by atoms with Crippen LogP contribution < -0.4 is 0 Å². The summed E-state index contributed by atoms with van der Waals surface area (Å²) >= 11 is 0. The molecule has 1 heterocycles. The van der Waals surface area contributed by atoms with Gasteiger partial charge in [-0.2, -0.15) is 0 Å². The molecule has 0 aromatic carbocycles. The number of hydrogen-bond donors (Lipinski definition) is 0. The zero-order chi connectivity index (χ0) is 4.24. The molecule has 0 spiro atoms. The first-order valence-electron chi connectivity index (χ1n) is 2.63. The minimum absolute atomic E-state index is 0. The summed E-state index contributed by atoms with van der Waals surface area (Å²) in [6, 6.07) is 0. The molecule has 1 fully saturated rings. The van der Waals surface area contributed by atoms with Crippen LogP contribution in [0.15, 0.2) is 0 Å². The van der Waals surface area contributed by atoms with Gasteiger partial charge in [0.25, 0.3) is 0 Å². The van der Waals surface area contributed by atoms with E-state index >= 15 is 0 Å². The number of rotatable bonds is 0. The van der Waals surface area contributed by atoms with Gasteiger partial charge in [-0.15, -0.1) is 13.1 Å². The molecule has 0 unspecified atom stereocenters. The Morgan fingerprint density at radius 2 is 1.43 bits per heavy atom. The summed E-state index contributed by atoms with van der Waals surface area (Å²) in [5, 5.41) is 4.18. The number of piperidine rings is 1. The van der Waals surface area contributed by atoms with E-state index in [1.165, 1.54) is 19.3 Å². The van der Waals surface area contributed by atoms with Crippen molar-refractivity contribution in [3.63, 3.8) is 0 Å². The molecular formula is C5H10NNd-. The average molecular weight is 228 g/mol. The van der Waals surface area contributed by atoms with E-state index in [2.05, 4.69) is 5.32 Å². The van der Waals surface area contributed by atoms with Gasteiger partial charge in [-0.1, -0.05) is 19.3 Å². The molecule has 0 aliphatic carbocycles. The fraction of sp³-hybridized carbons (Fsp3) is 1.00. The van der Waals surface area contributed by atoms with Crippen molar-refractivity contribution in [1.82, 2.24) is 0 Å². The molecule has 1 rings (SSSR count). The molecule has 0 aromatic heterocycles. The van der Waals surface area contributed by atoms with Crippen molar-refractivity contribution in [1.29, 1.82) is 0 Å².